The fourth-order valence-corrected chi connectivity index (χ4v) is 3.27. The molecule has 6 nitrogen and oxygen atoms in total. The van der Waals surface area contributed by atoms with Gasteiger partial charge < -0.3 is 4.74 Å². The number of ether oxygens (including phenoxy) is 1. The Balaban J connectivity index is 2.57. The van der Waals surface area contributed by atoms with Crippen molar-refractivity contribution >= 4 is 27.5 Å². The van der Waals surface area contributed by atoms with Crippen LogP contribution in [-0.2, 0) is 19.7 Å². The first-order valence-corrected chi connectivity index (χ1v) is 8.02. The van der Waals surface area contributed by atoms with Crippen molar-refractivity contribution in [2.45, 2.75) is 19.4 Å². The molecule has 0 fully saturated rings. The Morgan fingerprint density at radius 3 is 2.79 bits per heavy atom. The second-order valence-electron chi connectivity index (χ2n) is 4.01. The summed E-state index contributed by atoms with van der Waals surface area (Å²) >= 11 is 1.49. The molecular weight excluding hydrogens is 288 g/mol. The van der Waals surface area contributed by atoms with Crippen LogP contribution in [0, 0.1) is 0 Å². The second-order valence-corrected chi connectivity index (χ2v) is 6.80. The molecule has 0 spiro atoms. The van der Waals surface area contributed by atoms with E-state index in [0.717, 1.165) is 9.18 Å². The van der Waals surface area contributed by atoms with Gasteiger partial charge in [-0.2, -0.15) is 17.4 Å². The number of thiophene rings is 1. The van der Waals surface area contributed by atoms with Gasteiger partial charge in [0.1, 0.15) is 0 Å². The number of nitrogens with one attached hydrogen (secondary N) is 1. The Hall–Kier alpha value is -0.960. The van der Waals surface area contributed by atoms with Crippen molar-refractivity contribution in [1.82, 2.24) is 9.03 Å². The number of methoxy groups -OCH3 is 1. The van der Waals surface area contributed by atoms with Crippen molar-refractivity contribution in [1.29, 1.82) is 0 Å². The lowest BCUT2D eigenvalue weighted by Crippen LogP contribution is -2.40. The number of hydrogen-bond acceptors (Lipinski definition) is 5. The van der Waals surface area contributed by atoms with Gasteiger partial charge >= 0.3 is 5.97 Å². The number of hydrogen-bond donors (Lipinski definition) is 1. The van der Waals surface area contributed by atoms with E-state index in [-0.39, 0.29) is 19.0 Å². The predicted molar refractivity (Wildman–Crippen MR) is 74.1 cm³/mol. The highest BCUT2D eigenvalue weighted by molar-refractivity contribution is 7.87. The minimum Gasteiger partial charge on any atom is -0.469 e. The zero-order valence-corrected chi connectivity index (χ0v) is 12.8. The fourth-order valence-electron chi connectivity index (χ4n) is 1.38. The number of carbonyl (C=O) groups excluding carboxylic acids is 1. The van der Waals surface area contributed by atoms with Gasteiger partial charge in [-0.1, -0.05) is 6.07 Å². The molecule has 0 aliphatic carbocycles. The van der Waals surface area contributed by atoms with Gasteiger partial charge in [0.2, 0.25) is 0 Å². The Bertz CT molecular complexity index is 499. The van der Waals surface area contributed by atoms with Crippen LogP contribution < -0.4 is 4.72 Å². The average molecular weight is 306 g/mol. The summed E-state index contributed by atoms with van der Waals surface area (Å²) in [6.07, 6.45) is 0.0291. The molecular formula is C11H18N2O4S2. The molecule has 1 heterocycles. The SMILES string of the molecule is COC(=O)CCN(C)S(=O)(=O)N[C@@H](C)c1cccs1. The quantitative estimate of drug-likeness (QED) is 0.766. The van der Waals surface area contributed by atoms with E-state index in [0.29, 0.717) is 0 Å². The summed E-state index contributed by atoms with van der Waals surface area (Å²) in [6, 6.07) is 3.43. The molecule has 0 aliphatic rings. The number of carbonyl (C=O) groups is 1. The van der Waals surface area contributed by atoms with E-state index >= 15 is 0 Å². The van der Waals surface area contributed by atoms with Crippen LogP contribution in [0.25, 0.3) is 0 Å². The minimum atomic E-state index is -3.61. The fraction of sp³-hybridized carbons (Fsp3) is 0.545. The van der Waals surface area contributed by atoms with Gasteiger partial charge in [0.05, 0.1) is 19.6 Å². The van der Waals surface area contributed by atoms with Crippen LogP contribution in [-0.4, -0.2) is 39.4 Å². The van der Waals surface area contributed by atoms with Gasteiger partial charge in [0.15, 0.2) is 0 Å². The maximum atomic E-state index is 12.0. The van der Waals surface area contributed by atoms with Gasteiger partial charge in [-0.25, -0.2) is 0 Å². The van der Waals surface area contributed by atoms with Crippen LogP contribution in [0.2, 0.25) is 0 Å². The van der Waals surface area contributed by atoms with Crippen molar-refractivity contribution in [3.63, 3.8) is 0 Å². The summed E-state index contributed by atoms with van der Waals surface area (Å²) in [5.41, 5.74) is 0. The molecule has 1 atom stereocenters. The summed E-state index contributed by atoms with van der Waals surface area (Å²) < 4.78 is 32.1. The lowest BCUT2D eigenvalue weighted by molar-refractivity contribution is -0.140. The molecule has 108 valence electrons. The molecule has 0 aromatic carbocycles. The Kier molecular flexibility index (Phi) is 5.92. The van der Waals surface area contributed by atoms with E-state index in [1.807, 2.05) is 17.5 Å². The van der Waals surface area contributed by atoms with E-state index in [1.54, 1.807) is 6.92 Å². The van der Waals surface area contributed by atoms with E-state index in [2.05, 4.69) is 9.46 Å². The molecule has 19 heavy (non-hydrogen) atoms. The van der Waals surface area contributed by atoms with Crippen LogP contribution in [0.1, 0.15) is 24.3 Å². The number of rotatable bonds is 7. The third kappa shape index (κ3) is 4.90. The van der Waals surface area contributed by atoms with Crippen LogP contribution in [0.5, 0.6) is 0 Å². The summed E-state index contributed by atoms with van der Waals surface area (Å²) in [5, 5.41) is 1.89. The minimum absolute atomic E-state index is 0.0291. The number of esters is 1. The van der Waals surface area contributed by atoms with Crippen LogP contribution in [0.4, 0.5) is 0 Å². The van der Waals surface area contributed by atoms with Crippen molar-refractivity contribution in [2.75, 3.05) is 20.7 Å². The molecule has 1 aromatic rings. The van der Waals surface area contributed by atoms with Crippen LogP contribution in [0.3, 0.4) is 0 Å². The molecule has 1 N–H and O–H groups in total. The van der Waals surface area contributed by atoms with Gasteiger partial charge in [0, 0.05) is 18.5 Å². The van der Waals surface area contributed by atoms with Crippen molar-refractivity contribution in [3.8, 4) is 0 Å². The van der Waals surface area contributed by atoms with Gasteiger partial charge in [-0.3, -0.25) is 4.79 Å². The zero-order valence-electron chi connectivity index (χ0n) is 11.1. The van der Waals surface area contributed by atoms with Gasteiger partial charge in [-0.05, 0) is 18.4 Å². The van der Waals surface area contributed by atoms with E-state index < -0.39 is 16.2 Å². The third-order valence-electron chi connectivity index (χ3n) is 2.56. The monoisotopic (exact) mass is 306 g/mol. The maximum absolute atomic E-state index is 12.0. The average Bonchev–Trinajstić information content (AvgIpc) is 2.88. The largest absolute Gasteiger partial charge is 0.469 e. The first-order valence-electron chi connectivity index (χ1n) is 5.70. The van der Waals surface area contributed by atoms with E-state index in [4.69, 9.17) is 0 Å². The molecule has 1 aromatic heterocycles. The molecule has 0 amide bonds. The molecule has 0 aliphatic heterocycles. The Labute approximate surface area is 117 Å². The first-order chi connectivity index (χ1) is 8.86. The van der Waals surface area contributed by atoms with Crippen LogP contribution >= 0.6 is 11.3 Å². The first kappa shape index (κ1) is 16.1. The van der Waals surface area contributed by atoms with Crippen molar-refractivity contribution in [2.24, 2.45) is 0 Å². The molecule has 0 saturated carbocycles. The highest BCUT2D eigenvalue weighted by atomic mass is 32.2. The molecule has 0 bridgehead atoms. The third-order valence-corrected chi connectivity index (χ3v) is 5.27. The highest BCUT2D eigenvalue weighted by Crippen LogP contribution is 2.19. The smallest absolute Gasteiger partial charge is 0.306 e. The molecule has 0 radical (unpaired) electrons. The van der Waals surface area contributed by atoms with Crippen molar-refractivity contribution < 1.29 is 17.9 Å². The lowest BCUT2D eigenvalue weighted by Gasteiger charge is -2.20. The van der Waals surface area contributed by atoms with Crippen LogP contribution in [0.15, 0.2) is 17.5 Å². The second kappa shape index (κ2) is 6.99. The Morgan fingerprint density at radius 1 is 1.58 bits per heavy atom. The zero-order chi connectivity index (χ0) is 14.5. The highest BCUT2D eigenvalue weighted by Gasteiger charge is 2.21. The lowest BCUT2D eigenvalue weighted by atomic mass is 10.3. The molecule has 0 unspecified atom stereocenters. The standard InChI is InChI=1S/C11H18N2O4S2/c1-9(10-5-4-8-18-10)12-19(15,16)13(2)7-6-11(14)17-3/h4-5,8-9,12H,6-7H2,1-3H3/t9-/m0/s1. The predicted octanol–water partition coefficient (Wildman–Crippen LogP) is 1.14. The summed E-state index contributed by atoms with van der Waals surface area (Å²) in [7, 11) is -0.912. The summed E-state index contributed by atoms with van der Waals surface area (Å²) in [5.74, 6) is -0.437. The Morgan fingerprint density at radius 2 is 2.26 bits per heavy atom. The van der Waals surface area contributed by atoms with E-state index in [1.165, 1.54) is 25.5 Å². The maximum Gasteiger partial charge on any atom is 0.306 e. The van der Waals surface area contributed by atoms with Gasteiger partial charge in [-0.15, -0.1) is 11.3 Å². The normalized spacial score (nSPS) is 13.5. The molecule has 0 saturated heterocycles. The van der Waals surface area contributed by atoms with E-state index in [9.17, 15) is 13.2 Å². The van der Waals surface area contributed by atoms with Crippen molar-refractivity contribution in [3.05, 3.63) is 22.4 Å². The number of nitrogens with zero attached hydrogens (tertiary/aromatic N) is 1. The molecule has 8 heteroatoms. The summed E-state index contributed by atoms with van der Waals surface area (Å²) in [4.78, 5) is 11.9. The molecule has 1 rings (SSSR count). The summed E-state index contributed by atoms with van der Waals surface area (Å²) in [6.45, 7) is 1.86. The topological polar surface area (TPSA) is 75.7 Å². The van der Waals surface area contributed by atoms with Gasteiger partial charge in [0.25, 0.3) is 10.2 Å².